The van der Waals surface area contributed by atoms with Gasteiger partial charge in [-0.25, -0.2) is 0 Å². The van der Waals surface area contributed by atoms with Gasteiger partial charge in [-0.15, -0.1) is 10.2 Å². The molecule has 0 spiro atoms. The van der Waals surface area contributed by atoms with Crippen LogP contribution < -0.4 is 4.74 Å². The Hall–Kier alpha value is -1.14. The standard InChI is InChI=1S/C9H8BrClN4O/c1-15-13-9(12-14-15)5-16-8-4-6(10)2-3-7(8)11/h2-4H,5H2,1H3. The van der Waals surface area contributed by atoms with Crippen molar-refractivity contribution in [3.05, 3.63) is 33.5 Å². The lowest BCUT2D eigenvalue weighted by Gasteiger charge is -2.05. The molecule has 0 fully saturated rings. The Labute approximate surface area is 105 Å². The first-order chi connectivity index (χ1) is 7.65. The molecule has 2 rings (SSSR count). The summed E-state index contributed by atoms with van der Waals surface area (Å²) >= 11 is 9.30. The number of hydrogen-bond acceptors (Lipinski definition) is 4. The van der Waals surface area contributed by atoms with Crippen LogP contribution in [-0.4, -0.2) is 20.2 Å². The van der Waals surface area contributed by atoms with Crippen LogP contribution >= 0.6 is 27.5 Å². The third-order valence-electron chi connectivity index (χ3n) is 1.80. The predicted octanol–water partition coefficient (Wildman–Crippen LogP) is 2.21. The Morgan fingerprint density at radius 3 is 3.00 bits per heavy atom. The molecule has 84 valence electrons. The second kappa shape index (κ2) is 4.80. The van der Waals surface area contributed by atoms with Crippen LogP contribution in [0.4, 0.5) is 0 Å². The summed E-state index contributed by atoms with van der Waals surface area (Å²) in [6, 6.07) is 5.39. The van der Waals surface area contributed by atoms with Crippen molar-refractivity contribution < 1.29 is 4.74 Å². The van der Waals surface area contributed by atoms with Crippen molar-refractivity contribution in [3.63, 3.8) is 0 Å². The molecule has 2 aromatic rings. The normalized spacial score (nSPS) is 10.4. The molecular weight excluding hydrogens is 295 g/mol. The van der Waals surface area contributed by atoms with Gasteiger partial charge < -0.3 is 4.74 Å². The van der Waals surface area contributed by atoms with Crippen molar-refractivity contribution in [2.75, 3.05) is 0 Å². The number of aromatic nitrogens is 4. The van der Waals surface area contributed by atoms with E-state index >= 15 is 0 Å². The third kappa shape index (κ3) is 2.70. The maximum Gasteiger partial charge on any atom is 0.212 e. The monoisotopic (exact) mass is 302 g/mol. The maximum atomic E-state index is 5.96. The van der Waals surface area contributed by atoms with E-state index in [1.165, 1.54) is 4.80 Å². The molecule has 0 aliphatic rings. The number of ether oxygens (including phenoxy) is 1. The number of hydrogen-bond donors (Lipinski definition) is 0. The molecule has 0 N–H and O–H groups in total. The third-order valence-corrected chi connectivity index (χ3v) is 2.61. The number of aryl methyl sites for hydroxylation is 1. The average molecular weight is 304 g/mol. The van der Waals surface area contributed by atoms with Crippen LogP contribution in [0.3, 0.4) is 0 Å². The minimum Gasteiger partial charge on any atom is -0.484 e. The van der Waals surface area contributed by atoms with E-state index in [1.54, 1.807) is 19.2 Å². The van der Waals surface area contributed by atoms with Crippen LogP contribution in [0.2, 0.25) is 5.02 Å². The molecule has 0 aliphatic carbocycles. The Bertz CT molecular complexity index is 502. The van der Waals surface area contributed by atoms with Crippen molar-refractivity contribution >= 4 is 27.5 Å². The molecular formula is C9H8BrClN4O. The van der Waals surface area contributed by atoms with Gasteiger partial charge in [-0.05, 0) is 23.4 Å². The van der Waals surface area contributed by atoms with E-state index in [1.807, 2.05) is 6.07 Å². The number of benzene rings is 1. The summed E-state index contributed by atoms with van der Waals surface area (Å²) in [5.74, 6) is 1.10. The first-order valence-corrected chi connectivity index (χ1v) is 5.63. The van der Waals surface area contributed by atoms with Crippen molar-refractivity contribution in [2.24, 2.45) is 7.05 Å². The van der Waals surface area contributed by atoms with Gasteiger partial charge in [0.15, 0.2) is 6.61 Å². The highest BCUT2D eigenvalue weighted by molar-refractivity contribution is 9.10. The fraction of sp³-hybridized carbons (Fsp3) is 0.222. The lowest BCUT2D eigenvalue weighted by molar-refractivity contribution is 0.295. The van der Waals surface area contributed by atoms with E-state index in [9.17, 15) is 0 Å². The van der Waals surface area contributed by atoms with Gasteiger partial charge in [0, 0.05) is 4.47 Å². The van der Waals surface area contributed by atoms with E-state index in [4.69, 9.17) is 16.3 Å². The van der Waals surface area contributed by atoms with Gasteiger partial charge in [0.2, 0.25) is 5.82 Å². The molecule has 0 amide bonds. The number of tetrazole rings is 1. The molecule has 16 heavy (non-hydrogen) atoms. The zero-order valence-corrected chi connectivity index (χ0v) is 10.7. The molecule has 0 bridgehead atoms. The van der Waals surface area contributed by atoms with Gasteiger partial charge in [-0.2, -0.15) is 4.80 Å². The highest BCUT2D eigenvalue weighted by Crippen LogP contribution is 2.28. The van der Waals surface area contributed by atoms with Gasteiger partial charge in [-0.3, -0.25) is 0 Å². The summed E-state index contributed by atoms with van der Waals surface area (Å²) in [4.78, 5) is 1.38. The summed E-state index contributed by atoms with van der Waals surface area (Å²) in [6.45, 7) is 0.240. The van der Waals surface area contributed by atoms with Crippen LogP contribution in [-0.2, 0) is 13.7 Å². The van der Waals surface area contributed by atoms with Crippen LogP contribution in [0.5, 0.6) is 5.75 Å². The van der Waals surface area contributed by atoms with Crippen molar-refractivity contribution in [1.82, 2.24) is 20.2 Å². The summed E-state index contributed by atoms with van der Waals surface area (Å²) in [6.07, 6.45) is 0. The van der Waals surface area contributed by atoms with Gasteiger partial charge in [-0.1, -0.05) is 27.5 Å². The first kappa shape index (κ1) is 11.3. The van der Waals surface area contributed by atoms with Crippen LogP contribution in [0.1, 0.15) is 5.82 Å². The van der Waals surface area contributed by atoms with Crippen LogP contribution in [0, 0.1) is 0 Å². The van der Waals surface area contributed by atoms with Crippen molar-refractivity contribution in [1.29, 1.82) is 0 Å². The van der Waals surface area contributed by atoms with Gasteiger partial charge in [0.25, 0.3) is 0 Å². The van der Waals surface area contributed by atoms with Gasteiger partial charge in [0.05, 0.1) is 12.1 Å². The molecule has 0 atom stereocenters. The maximum absolute atomic E-state index is 5.96. The quantitative estimate of drug-likeness (QED) is 0.872. The van der Waals surface area contributed by atoms with Crippen molar-refractivity contribution in [2.45, 2.75) is 6.61 Å². The van der Waals surface area contributed by atoms with Crippen LogP contribution in [0.25, 0.3) is 0 Å². The average Bonchev–Trinajstić information content (AvgIpc) is 2.66. The van der Waals surface area contributed by atoms with E-state index in [-0.39, 0.29) is 6.61 Å². The second-order valence-electron chi connectivity index (χ2n) is 3.06. The van der Waals surface area contributed by atoms with E-state index in [0.717, 1.165) is 4.47 Å². The summed E-state index contributed by atoms with van der Waals surface area (Å²) in [5.41, 5.74) is 0. The molecule has 5 nitrogen and oxygen atoms in total. The Morgan fingerprint density at radius 1 is 1.50 bits per heavy atom. The zero-order chi connectivity index (χ0) is 11.5. The highest BCUT2D eigenvalue weighted by Gasteiger charge is 2.05. The van der Waals surface area contributed by atoms with Gasteiger partial charge in [0.1, 0.15) is 5.75 Å². The smallest absolute Gasteiger partial charge is 0.212 e. The number of nitrogens with zero attached hydrogens (tertiary/aromatic N) is 4. The molecule has 0 radical (unpaired) electrons. The summed E-state index contributed by atoms with van der Waals surface area (Å²) in [7, 11) is 1.70. The van der Waals surface area contributed by atoms with Crippen molar-refractivity contribution in [3.8, 4) is 5.75 Å². The number of halogens is 2. The molecule has 0 aliphatic heterocycles. The molecule has 1 aromatic heterocycles. The molecule has 1 heterocycles. The zero-order valence-electron chi connectivity index (χ0n) is 8.39. The molecule has 0 saturated heterocycles. The highest BCUT2D eigenvalue weighted by atomic mass is 79.9. The summed E-state index contributed by atoms with van der Waals surface area (Å²) < 4.78 is 6.38. The first-order valence-electron chi connectivity index (χ1n) is 4.46. The minimum absolute atomic E-state index is 0.240. The molecule has 0 unspecified atom stereocenters. The Morgan fingerprint density at radius 2 is 2.31 bits per heavy atom. The Balaban J connectivity index is 2.07. The summed E-state index contributed by atoms with van der Waals surface area (Å²) in [5, 5.41) is 12.0. The van der Waals surface area contributed by atoms with Gasteiger partial charge >= 0.3 is 0 Å². The molecule has 1 aromatic carbocycles. The lowest BCUT2D eigenvalue weighted by Crippen LogP contribution is -1.99. The van der Waals surface area contributed by atoms with Crippen LogP contribution in [0.15, 0.2) is 22.7 Å². The minimum atomic E-state index is 0.240. The molecule has 0 saturated carbocycles. The van der Waals surface area contributed by atoms with E-state index in [0.29, 0.717) is 16.6 Å². The van der Waals surface area contributed by atoms with E-state index in [2.05, 4.69) is 31.3 Å². The predicted molar refractivity (Wildman–Crippen MR) is 62.3 cm³/mol. The fourth-order valence-corrected chi connectivity index (χ4v) is 1.62. The van der Waals surface area contributed by atoms with E-state index < -0.39 is 0 Å². The Kier molecular flexibility index (Phi) is 3.40. The topological polar surface area (TPSA) is 52.8 Å². The molecule has 7 heteroatoms. The lowest BCUT2D eigenvalue weighted by atomic mass is 10.3. The largest absolute Gasteiger partial charge is 0.484 e. The number of rotatable bonds is 3. The SMILES string of the molecule is Cn1nnc(COc2cc(Br)ccc2Cl)n1. The fourth-order valence-electron chi connectivity index (χ4n) is 1.11. The second-order valence-corrected chi connectivity index (χ2v) is 4.38.